The molecule has 0 aliphatic carbocycles. The van der Waals surface area contributed by atoms with Crippen molar-refractivity contribution in [1.82, 2.24) is 9.78 Å². The maximum atomic E-state index is 12.2. The minimum absolute atomic E-state index is 0.105. The zero-order valence-corrected chi connectivity index (χ0v) is 12.0. The van der Waals surface area contributed by atoms with Gasteiger partial charge in [-0.25, -0.2) is 4.79 Å². The number of aryl methyl sites for hydroxylation is 1. The molecule has 0 aliphatic rings. The number of aromatic carboxylic acids is 1. The largest absolute Gasteiger partial charge is 0.477 e. The third-order valence-electron chi connectivity index (χ3n) is 2.90. The summed E-state index contributed by atoms with van der Waals surface area (Å²) in [4.78, 5) is 34.8. The molecule has 1 aromatic carbocycles. The van der Waals surface area contributed by atoms with Crippen LogP contribution in [-0.2, 0) is 0 Å². The number of rotatable bonds is 3. The molecule has 0 aliphatic heterocycles. The van der Waals surface area contributed by atoms with Crippen molar-refractivity contribution < 1.29 is 14.7 Å². The predicted molar refractivity (Wildman–Crippen MR) is 76.5 cm³/mol. The fourth-order valence-corrected chi connectivity index (χ4v) is 1.96. The van der Waals surface area contributed by atoms with Crippen LogP contribution in [-0.4, -0.2) is 26.6 Å². The van der Waals surface area contributed by atoms with Gasteiger partial charge in [-0.2, -0.15) is 9.78 Å². The molecule has 2 aromatic rings. The molecule has 0 radical (unpaired) electrons. The molecule has 0 atom stereocenters. The third-order valence-corrected chi connectivity index (χ3v) is 3.14. The Morgan fingerprint density at radius 1 is 1.29 bits per heavy atom. The number of carbonyl (C=O) groups is 2. The molecular formula is C14H11ClN2O4. The lowest BCUT2D eigenvalue weighted by Gasteiger charge is -2.10. The van der Waals surface area contributed by atoms with Gasteiger partial charge in [0.15, 0.2) is 5.78 Å². The molecular weight excluding hydrogens is 296 g/mol. The zero-order valence-electron chi connectivity index (χ0n) is 11.3. The maximum absolute atomic E-state index is 12.2. The van der Waals surface area contributed by atoms with Gasteiger partial charge in [-0.1, -0.05) is 17.7 Å². The van der Waals surface area contributed by atoms with Crippen LogP contribution in [0.15, 0.2) is 29.1 Å². The summed E-state index contributed by atoms with van der Waals surface area (Å²) < 4.78 is 0.890. The second kappa shape index (κ2) is 5.49. The van der Waals surface area contributed by atoms with Crippen LogP contribution < -0.4 is 5.56 Å². The molecule has 0 amide bonds. The second-order valence-electron chi connectivity index (χ2n) is 4.45. The SMILES string of the molecule is CC(=O)c1cc(C(=O)O)c(=O)n(-c2cc(Cl)ccc2C)n1. The first kappa shape index (κ1) is 14.9. The Labute approximate surface area is 124 Å². The van der Waals surface area contributed by atoms with Crippen LogP contribution >= 0.6 is 11.6 Å². The van der Waals surface area contributed by atoms with Crippen molar-refractivity contribution in [2.45, 2.75) is 13.8 Å². The van der Waals surface area contributed by atoms with E-state index in [4.69, 9.17) is 16.7 Å². The zero-order chi connectivity index (χ0) is 15.7. The van der Waals surface area contributed by atoms with E-state index >= 15 is 0 Å². The summed E-state index contributed by atoms with van der Waals surface area (Å²) in [6.45, 7) is 2.97. The first-order valence-electron chi connectivity index (χ1n) is 5.96. The van der Waals surface area contributed by atoms with Crippen LogP contribution in [0.5, 0.6) is 0 Å². The van der Waals surface area contributed by atoms with E-state index in [1.54, 1.807) is 19.1 Å². The van der Waals surface area contributed by atoms with E-state index in [2.05, 4.69) is 5.10 Å². The van der Waals surface area contributed by atoms with Crippen LogP contribution in [0.4, 0.5) is 0 Å². The topological polar surface area (TPSA) is 89.3 Å². The first-order valence-corrected chi connectivity index (χ1v) is 6.34. The van der Waals surface area contributed by atoms with Gasteiger partial charge in [0.1, 0.15) is 11.3 Å². The summed E-state index contributed by atoms with van der Waals surface area (Å²) in [6, 6.07) is 5.77. The number of halogens is 1. The molecule has 0 saturated heterocycles. The van der Waals surface area contributed by atoms with Crippen LogP contribution in [0, 0.1) is 6.92 Å². The molecule has 0 unspecified atom stereocenters. The molecule has 21 heavy (non-hydrogen) atoms. The number of carbonyl (C=O) groups excluding carboxylic acids is 1. The van der Waals surface area contributed by atoms with Gasteiger partial charge in [0.25, 0.3) is 5.56 Å². The smallest absolute Gasteiger partial charge is 0.341 e. The first-order chi connectivity index (χ1) is 9.81. The molecule has 7 heteroatoms. The Bertz CT molecular complexity index is 811. The minimum Gasteiger partial charge on any atom is -0.477 e. The van der Waals surface area contributed by atoms with E-state index in [1.165, 1.54) is 13.0 Å². The summed E-state index contributed by atoms with van der Waals surface area (Å²) in [6.07, 6.45) is 0. The number of Topliss-reactive ketones (excluding diaryl/α,β-unsaturated/α-hetero) is 1. The average Bonchev–Trinajstić information content (AvgIpc) is 2.41. The number of benzene rings is 1. The molecule has 6 nitrogen and oxygen atoms in total. The van der Waals surface area contributed by atoms with E-state index in [9.17, 15) is 14.4 Å². The standard InChI is InChI=1S/C14H11ClN2O4/c1-7-3-4-9(15)5-12(7)17-13(19)10(14(20)21)6-11(16-17)8(2)18/h3-6H,1-2H3,(H,20,21). The molecule has 0 fully saturated rings. The van der Waals surface area contributed by atoms with E-state index in [0.29, 0.717) is 16.3 Å². The summed E-state index contributed by atoms with van der Waals surface area (Å²) in [5.74, 6) is -1.86. The number of nitrogens with zero attached hydrogens (tertiary/aromatic N) is 2. The lowest BCUT2D eigenvalue weighted by atomic mass is 10.2. The second-order valence-corrected chi connectivity index (χ2v) is 4.89. The minimum atomic E-state index is -1.42. The fourth-order valence-electron chi connectivity index (χ4n) is 1.79. The number of hydrogen-bond acceptors (Lipinski definition) is 4. The number of carboxylic acids is 1. The van der Waals surface area contributed by atoms with Gasteiger partial charge in [0.05, 0.1) is 5.69 Å². The molecule has 2 rings (SSSR count). The summed E-state index contributed by atoms with van der Waals surface area (Å²) in [5.41, 5.74) is -0.442. The Kier molecular flexibility index (Phi) is 3.90. The van der Waals surface area contributed by atoms with Crippen molar-refractivity contribution in [3.63, 3.8) is 0 Å². The van der Waals surface area contributed by atoms with Crippen molar-refractivity contribution in [3.05, 3.63) is 56.5 Å². The van der Waals surface area contributed by atoms with Crippen LogP contribution in [0.3, 0.4) is 0 Å². The molecule has 1 heterocycles. The Morgan fingerprint density at radius 3 is 2.52 bits per heavy atom. The van der Waals surface area contributed by atoms with Gasteiger partial charge >= 0.3 is 5.97 Å². The van der Waals surface area contributed by atoms with Gasteiger partial charge < -0.3 is 5.11 Å². The predicted octanol–water partition coefficient (Wildman–Crippen LogP) is 2.10. The van der Waals surface area contributed by atoms with Crippen molar-refractivity contribution >= 4 is 23.4 Å². The van der Waals surface area contributed by atoms with Crippen molar-refractivity contribution in [3.8, 4) is 5.69 Å². The highest BCUT2D eigenvalue weighted by atomic mass is 35.5. The van der Waals surface area contributed by atoms with E-state index < -0.39 is 22.9 Å². The van der Waals surface area contributed by atoms with Gasteiger partial charge in [-0.3, -0.25) is 9.59 Å². The van der Waals surface area contributed by atoms with Crippen LogP contribution in [0.1, 0.15) is 33.3 Å². The monoisotopic (exact) mass is 306 g/mol. The molecule has 1 aromatic heterocycles. The fraction of sp³-hybridized carbons (Fsp3) is 0.143. The van der Waals surface area contributed by atoms with Crippen molar-refractivity contribution in [2.24, 2.45) is 0 Å². The van der Waals surface area contributed by atoms with Crippen LogP contribution in [0.25, 0.3) is 5.69 Å². The Balaban J connectivity index is 2.85. The number of ketones is 1. The maximum Gasteiger partial charge on any atom is 0.341 e. The normalized spacial score (nSPS) is 10.4. The van der Waals surface area contributed by atoms with E-state index in [-0.39, 0.29) is 5.69 Å². The summed E-state index contributed by atoms with van der Waals surface area (Å²) in [7, 11) is 0. The van der Waals surface area contributed by atoms with E-state index in [0.717, 1.165) is 10.7 Å². The van der Waals surface area contributed by atoms with Gasteiger partial charge in [-0.05, 0) is 30.7 Å². The van der Waals surface area contributed by atoms with Crippen LogP contribution in [0.2, 0.25) is 5.02 Å². The van der Waals surface area contributed by atoms with Crippen molar-refractivity contribution in [1.29, 1.82) is 0 Å². The summed E-state index contributed by atoms with van der Waals surface area (Å²) in [5, 5.41) is 13.4. The number of hydrogen-bond donors (Lipinski definition) is 1. The summed E-state index contributed by atoms with van der Waals surface area (Å²) >= 11 is 5.90. The lowest BCUT2D eigenvalue weighted by Crippen LogP contribution is -2.29. The lowest BCUT2D eigenvalue weighted by molar-refractivity contribution is 0.0694. The molecule has 1 N–H and O–H groups in total. The highest BCUT2D eigenvalue weighted by molar-refractivity contribution is 6.30. The number of carboxylic acid groups (broad SMARTS) is 1. The van der Waals surface area contributed by atoms with E-state index in [1.807, 2.05) is 0 Å². The van der Waals surface area contributed by atoms with Crippen molar-refractivity contribution in [2.75, 3.05) is 0 Å². The Morgan fingerprint density at radius 2 is 1.95 bits per heavy atom. The molecule has 0 saturated carbocycles. The highest BCUT2D eigenvalue weighted by Gasteiger charge is 2.18. The third kappa shape index (κ3) is 2.85. The van der Waals surface area contributed by atoms with Gasteiger partial charge in [0.2, 0.25) is 0 Å². The van der Waals surface area contributed by atoms with Gasteiger partial charge in [0, 0.05) is 11.9 Å². The Hall–Kier alpha value is -2.47. The number of aromatic nitrogens is 2. The molecule has 0 bridgehead atoms. The highest BCUT2D eigenvalue weighted by Crippen LogP contribution is 2.18. The average molecular weight is 307 g/mol. The van der Waals surface area contributed by atoms with Gasteiger partial charge in [-0.15, -0.1) is 0 Å². The quantitative estimate of drug-likeness (QED) is 0.877. The molecule has 108 valence electrons. The molecule has 0 spiro atoms.